The van der Waals surface area contributed by atoms with Gasteiger partial charge in [-0.3, -0.25) is 4.79 Å². The quantitative estimate of drug-likeness (QED) is 0.762. The van der Waals surface area contributed by atoms with Crippen molar-refractivity contribution in [3.8, 4) is 5.75 Å². The van der Waals surface area contributed by atoms with Crippen LogP contribution in [0.25, 0.3) is 0 Å². The molecule has 0 spiro atoms. The number of alkyl halides is 3. The second-order valence-corrected chi connectivity index (χ2v) is 6.45. The number of ether oxygens (including phenoxy) is 1. The maximum Gasteiger partial charge on any atom is 0.416 e. The zero-order valence-corrected chi connectivity index (χ0v) is 15.3. The summed E-state index contributed by atoms with van der Waals surface area (Å²) in [7, 11) is 3.93. The highest BCUT2D eigenvalue weighted by Crippen LogP contribution is 2.29. The first-order valence-electron chi connectivity index (χ1n) is 8.53. The van der Waals surface area contributed by atoms with Crippen LogP contribution in [0.4, 0.5) is 13.2 Å². The molecule has 0 aliphatic rings. The number of nitrogens with zero attached hydrogens (tertiary/aromatic N) is 1. The summed E-state index contributed by atoms with van der Waals surface area (Å²) in [5, 5.41) is 2.72. The molecular formula is C20H23F3N2O2. The molecule has 27 heavy (non-hydrogen) atoms. The average molecular weight is 380 g/mol. The molecule has 0 aliphatic carbocycles. The van der Waals surface area contributed by atoms with E-state index in [-0.39, 0.29) is 12.3 Å². The van der Waals surface area contributed by atoms with Gasteiger partial charge in [0.2, 0.25) is 5.91 Å². The summed E-state index contributed by atoms with van der Waals surface area (Å²) >= 11 is 0. The summed E-state index contributed by atoms with van der Waals surface area (Å²) in [6.07, 6.45) is -4.52. The largest absolute Gasteiger partial charge is 0.492 e. The van der Waals surface area contributed by atoms with Gasteiger partial charge >= 0.3 is 6.18 Å². The number of hydrogen-bond donors (Lipinski definition) is 1. The molecule has 1 N–H and O–H groups in total. The maximum atomic E-state index is 12.7. The lowest BCUT2D eigenvalue weighted by Gasteiger charge is -2.11. The molecule has 146 valence electrons. The first-order chi connectivity index (χ1) is 12.7. The molecule has 0 atom stereocenters. The minimum absolute atomic E-state index is 0.102. The van der Waals surface area contributed by atoms with Crippen LogP contribution >= 0.6 is 0 Å². The lowest BCUT2D eigenvalue weighted by Crippen LogP contribution is -2.24. The lowest BCUT2D eigenvalue weighted by molar-refractivity contribution is -0.137. The van der Waals surface area contributed by atoms with Crippen molar-refractivity contribution in [2.24, 2.45) is 0 Å². The SMILES string of the molecule is CN(C)CCOc1ccc(CNC(=O)Cc2cccc(C(F)(F)F)c2)cc1. The fourth-order valence-electron chi connectivity index (χ4n) is 2.36. The van der Waals surface area contributed by atoms with Gasteiger partial charge in [-0.25, -0.2) is 0 Å². The fourth-order valence-corrected chi connectivity index (χ4v) is 2.36. The molecule has 0 saturated carbocycles. The summed E-state index contributed by atoms with van der Waals surface area (Å²) in [6.45, 7) is 1.70. The molecule has 0 fully saturated rings. The van der Waals surface area contributed by atoms with Crippen LogP contribution in [0.5, 0.6) is 5.75 Å². The van der Waals surface area contributed by atoms with Crippen molar-refractivity contribution in [1.29, 1.82) is 0 Å². The number of carbonyl (C=O) groups excluding carboxylic acids is 1. The van der Waals surface area contributed by atoms with Crippen molar-refractivity contribution < 1.29 is 22.7 Å². The summed E-state index contributed by atoms with van der Waals surface area (Å²) in [6, 6.07) is 12.1. The van der Waals surface area contributed by atoms with Crippen molar-refractivity contribution in [2.75, 3.05) is 27.2 Å². The number of carbonyl (C=O) groups is 1. The Morgan fingerprint density at radius 3 is 2.41 bits per heavy atom. The van der Waals surface area contributed by atoms with Gasteiger partial charge in [-0.2, -0.15) is 13.2 Å². The lowest BCUT2D eigenvalue weighted by atomic mass is 10.1. The molecule has 0 radical (unpaired) electrons. The highest BCUT2D eigenvalue weighted by atomic mass is 19.4. The van der Waals surface area contributed by atoms with Gasteiger partial charge in [-0.05, 0) is 43.4 Å². The standard InChI is InChI=1S/C20H23F3N2O2/c1-25(2)10-11-27-18-8-6-15(7-9-18)14-24-19(26)13-16-4-3-5-17(12-16)20(21,22)23/h3-9,12H,10-11,13-14H2,1-2H3,(H,24,26). The normalized spacial score (nSPS) is 11.5. The molecule has 2 rings (SSSR count). The van der Waals surface area contributed by atoms with E-state index in [4.69, 9.17) is 4.74 Å². The molecule has 7 heteroatoms. The summed E-state index contributed by atoms with van der Waals surface area (Å²) in [5.41, 5.74) is 0.456. The van der Waals surface area contributed by atoms with Crippen LogP contribution in [0.3, 0.4) is 0 Å². The van der Waals surface area contributed by atoms with Gasteiger partial charge in [0.05, 0.1) is 12.0 Å². The Hall–Kier alpha value is -2.54. The molecule has 2 aromatic rings. The third kappa shape index (κ3) is 7.30. The van der Waals surface area contributed by atoms with Crippen molar-refractivity contribution in [3.63, 3.8) is 0 Å². The Balaban J connectivity index is 1.82. The second-order valence-electron chi connectivity index (χ2n) is 6.45. The summed E-state index contributed by atoms with van der Waals surface area (Å²) in [4.78, 5) is 14.0. The zero-order chi connectivity index (χ0) is 19.9. The molecule has 0 bridgehead atoms. The molecule has 0 heterocycles. The molecule has 4 nitrogen and oxygen atoms in total. The van der Waals surface area contributed by atoms with E-state index < -0.39 is 11.7 Å². The van der Waals surface area contributed by atoms with Crippen LogP contribution in [-0.2, 0) is 23.9 Å². The Morgan fingerprint density at radius 1 is 1.07 bits per heavy atom. The van der Waals surface area contributed by atoms with Crippen molar-refractivity contribution >= 4 is 5.91 Å². The van der Waals surface area contributed by atoms with Crippen LogP contribution < -0.4 is 10.1 Å². The Kier molecular flexibility index (Phi) is 7.24. The first-order valence-corrected chi connectivity index (χ1v) is 8.53. The van der Waals surface area contributed by atoms with E-state index in [1.54, 1.807) is 0 Å². The number of hydrogen-bond acceptors (Lipinski definition) is 3. The maximum absolute atomic E-state index is 12.7. The Morgan fingerprint density at radius 2 is 1.78 bits per heavy atom. The van der Waals surface area contributed by atoms with Crippen LogP contribution in [0.15, 0.2) is 48.5 Å². The van der Waals surface area contributed by atoms with E-state index in [9.17, 15) is 18.0 Å². The third-order valence-corrected chi connectivity index (χ3v) is 3.84. The van der Waals surface area contributed by atoms with Gasteiger partial charge in [0.15, 0.2) is 0 Å². The van der Waals surface area contributed by atoms with Gasteiger partial charge < -0.3 is 15.0 Å². The fraction of sp³-hybridized carbons (Fsp3) is 0.350. The predicted molar refractivity (Wildman–Crippen MR) is 97.5 cm³/mol. The number of nitrogens with one attached hydrogen (secondary N) is 1. The van der Waals surface area contributed by atoms with E-state index >= 15 is 0 Å². The first kappa shape index (κ1) is 20.8. The molecule has 0 saturated heterocycles. The van der Waals surface area contributed by atoms with Crippen LogP contribution in [0, 0.1) is 0 Å². The van der Waals surface area contributed by atoms with Gasteiger partial charge in [-0.1, -0.05) is 30.3 Å². The molecule has 0 aromatic heterocycles. The van der Waals surface area contributed by atoms with E-state index in [1.165, 1.54) is 12.1 Å². The molecule has 1 amide bonds. The van der Waals surface area contributed by atoms with Crippen molar-refractivity contribution in [2.45, 2.75) is 19.1 Å². The van der Waals surface area contributed by atoms with Crippen molar-refractivity contribution in [3.05, 3.63) is 65.2 Å². The number of halogens is 3. The smallest absolute Gasteiger partial charge is 0.416 e. The predicted octanol–water partition coefficient (Wildman–Crippen LogP) is 3.50. The number of amides is 1. The monoisotopic (exact) mass is 380 g/mol. The van der Waals surface area contributed by atoms with E-state index in [1.807, 2.05) is 43.3 Å². The highest BCUT2D eigenvalue weighted by molar-refractivity contribution is 5.78. The van der Waals surface area contributed by atoms with Crippen LogP contribution in [-0.4, -0.2) is 38.1 Å². The minimum Gasteiger partial charge on any atom is -0.492 e. The Labute approximate surface area is 156 Å². The number of benzene rings is 2. The van der Waals surface area contributed by atoms with Gasteiger partial charge in [0.1, 0.15) is 12.4 Å². The highest BCUT2D eigenvalue weighted by Gasteiger charge is 2.30. The molecule has 2 aromatic carbocycles. The molecular weight excluding hydrogens is 357 g/mol. The zero-order valence-electron chi connectivity index (χ0n) is 15.3. The average Bonchev–Trinajstić information content (AvgIpc) is 2.60. The summed E-state index contributed by atoms with van der Waals surface area (Å²) in [5.74, 6) is 0.413. The molecule has 0 aliphatic heterocycles. The Bertz CT molecular complexity index is 744. The second kappa shape index (κ2) is 9.41. The van der Waals surface area contributed by atoms with Crippen molar-refractivity contribution in [1.82, 2.24) is 10.2 Å². The van der Waals surface area contributed by atoms with Crippen LogP contribution in [0.1, 0.15) is 16.7 Å². The third-order valence-electron chi connectivity index (χ3n) is 3.84. The van der Waals surface area contributed by atoms with Gasteiger partial charge in [-0.15, -0.1) is 0 Å². The topological polar surface area (TPSA) is 41.6 Å². The van der Waals surface area contributed by atoms with E-state index in [2.05, 4.69) is 5.32 Å². The van der Waals surface area contributed by atoms with E-state index in [0.717, 1.165) is 30.0 Å². The van der Waals surface area contributed by atoms with Gasteiger partial charge in [0.25, 0.3) is 0 Å². The molecule has 0 unspecified atom stereocenters. The number of rotatable bonds is 8. The minimum atomic E-state index is -4.41. The number of likely N-dealkylation sites (N-methyl/N-ethyl adjacent to an activating group) is 1. The van der Waals surface area contributed by atoms with E-state index in [0.29, 0.717) is 18.7 Å². The summed E-state index contributed by atoms with van der Waals surface area (Å²) < 4.78 is 43.7. The van der Waals surface area contributed by atoms with Gasteiger partial charge in [0, 0.05) is 13.1 Å². The van der Waals surface area contributed by atoms with Crippen LogP contribution in [0.2, 0.25) is 0 Å².